The van der Waals surface area contributed by atoms with Crippen LogP contribution in [0.25, 0.3) is 0 Å². The summed E-state index contributed by atoms with van der Waals surface area (Å²) in [6, 6.07) is 15.0. The first-order chi connectivity index (χ1) is 8.70. The second-order valence-corrected chi connectivity index (χ2v) is 4.52. The average molecular weight is 263 g/mol. The molecule has 0 radical (unpaired) electrons. The van der Waals surface area contributed by atoms with Crippen molar-refractivity contribution in [1.29, 1.82) is 0 Å². The number of rotatable bonds is 4. The van der Waals surface area contributed by atoms with Gasteiger partial charge < -0.3 is 9.84 Å². The summed E-state index contributed by atoms with van der Waals surface area (Å²) in [6.07, 6.45) is -0.0770. The Bertz CT molecular complexity index is 511. The first-order valence-electron chi connectivity index (χ1n) is 5.76. The average Bonchev–Trinajstić information content (AvgIpc) is 2.40. The van der Waals surface area contributed by atoms with Crippen LogP contribution in [0, 0.1) is 0 Å². The van der Waals surface area contributed by atoms with Gasteiger partial charge in [0, 0.05) is 11.4 Å². The van der Waals surface area contributed by atoms with Crippen LogP contribution in [0.1, 0.15) is 17.2 Å². The van der Waals surface area contributed by atoms with Crippen LogP contribution >= 0.6 is 11.6 Å². The maximum Gasteiger partial charge on any atom is 0.122 e. The first kappa shape index (κ1) is 12.9. The van der Waals surface area contributed by atoms with Gasteiger partial charge in [0.05, 0.1) is 13.2 Å². The monoisotopic (exact) mass is 262 g/mol. The molecule has 2 nitrogen and oxygen atoms in total. The van der Waals surface area contributed by atoms with Gasteiger partial charge in [-0.1, -0.05) is 41.9 Å². The van der Waals surface area contributed by atoms with Crippen LogP contribution in [0.2, 0.25) is 5.02 Å². The Hall–Kier alpha value is -1.51. The normalized spacial score (nSPS) is 12.2. The van der Waals surface area contributed by atoms with Gasteiger partial charge in [0.1, 0.15) is 5.75 Å². The maximum atomic E-state index is 10.2. The molecule has 18 heavy (non-hydrogen) atoms. The molecule has 0 aliphatic heterocycles. The van der Waals surface area contributed by atoms with Gasteiger partial charge in [-0.25, -0.2) is 0 Å². The zero-order valence-corrected chi connectivity index (χ0v) is 10.9. The maximum absolute atomic E-state index is 10.2. The third kappa shape index (κ3) is 3.03. The van der Waals surface area contributed by atoms with E-state index in [1.165, 1.54) is 0 Å². The highest BCUT2D eigenvalue weighted by Crippen LogP contribution is 2.27. The standard InChI is InChI=1S/C15H15ClO2/c1-18-15-8-7-13(16)9-12(15)10-14(17)11-5-3-2-4-6-11/h2-9,14,17H,10H2,1H3. The van der Waals surface area contributed by atoms with E-state index < -0.39 is 6.10 Å². The largest absolute Gasteiger partial charge is 0.496 e. The van der Waals surface area contributed by atoms with Crippen molar-refractivity contribution in [2.75, 3.05) is 7.11 Å². The fourth-order valence-electron chi connectivity index (χ4n) is 1.91. The number of methoxy groups -OCH3 is 1. The Labute approximate surface area is 112 Å². The van der Waals surface area contributed by atoms with Gasteiger partial charge in [0.25, 0.3) is 0 Å². The van der Waals surface area contributed by atoms with Crippen LogP contribution in [0.15, 0.2) is 48.5 Å². The van der Waals surface area contributed by atoms with E-state index in [9.17, 15) is 5.11 Å². The van der Waals surface area contributed by atoms with Gasteiger partial charge in [0.15, 0.2) is 0 Å². The summed E-state index contributed by atoms with van der Waals surface area (Å²) < 4.78 is 5.27. The van der Waals surface area contributed by atoms with Crippen LogP contribution in [0.3, 0.4) is 0 Å². The third-order valence-electron chi connectivity index (χ3n) is 2.84. The predicted octanol–water partition coefficient (Wildman–Crippen LogP) is 3.62. The zero-order valence-electron chi connectivity index (χ0n) is 10.1. The summed E-state index contributed by atoms with van der Waals surface area (Å²) >= 11 is 5.97. The summed E-state index contributed by atoms with van der Waals surface area (Å²) in [5, 5.41) is 10.8. The summed E-state index contributed by atoms with van der Waals surface area (Å²) in [5.74, 6) is 0.745. The highest BCUT2D eigenvalue weighted by Gasteiger charge is 2.12. The second kappa shape index (κ2) is 5.89. The van der Waals surface area contributed by atoms with Gasteiger partial charge in [0.2, 0.25) is 0 Å². The highest BCUT2D eigenvalue weighted by molar-refractivity contribution is 6.30. The van der Waals surface area contributed by atoms with Crippen LogP contribution < -0.4 is 4.74 Å². The number of benzene rings is 2. The molecule has 0 amide bonds. The van der Waals surface area contributed by atoms with Crippen molar-refractivity contribution in [3.8, 4) is 5.75 Å². The fourth-order valence-corrected chi connectivity index (χ4v) is 2.10. The van der Waals surface area contributed by atoms with E-state index >= 15 is 0 Å². The fraction of sp³-hybridized carbons (Fsp3) is 0.200. The van der Waals surface area contributed by atoms with E-state index in [1.807, 2.05) is 42.5 Å². The number of ether oxygens (including phenoxy) is 1. The molecule has 0 bridgehead atoms. The lowest BCUT2D eigenvalue weighted by Gasteiger charge is -2.14. The SMILES string of the molecule is COc1ccc(Cl)cc1CC(O)c1ccccc1. The van der Waals surface area contributed by atoms with E-state index in [-0.39, 0.29) is 0 Å². The van der Waals surface area contributed by atoms with Crippen molar-refractivity contribution in [1.82, 2.24) is 0 Å². The molecule has 2 aromatic carbocycles. The van der Waals surface area contributed by atoms with Crippen LogP contribution in [-0.4, -0.2) is 12.2 Å². The van der Waals surface area contributed by atoms with Crippen molar-refractivity contribution in [3.05, 3.63) is 64.7 Å². The zero-order chi connectivity index (χ0) is 13.0. The van der Waals surface area contributed by atoms with E-state index in [1.54, 1.807) is 13.2 Å². The van der Waals surface area contributed by atoms with Gasteiger partial charge in [-0.05, 0) is 29.3 Å². The highest BCUT2D eigenvalue weighted by atomic mass is 35.5. The van der Waals surface area contributed by atoms with E-state index in [2.05, 4.69) is 0 Å². The Morgan fingerprint density at radius 1 is 1.17 bits per heavy atom. The topological polar surface area (TPSA) is 29.5 Å². The van der Waals surface area contributed by atoms with Crippen LogP contribution in [0.5, 0.6) is 5.75 Å². The summed E-state index contributed by atoms with van der Waals surface area (Å²) in [5.41, 5.74) is 1.79. The minimum Gasteiger partial charge on any atom is -0.496 e. The van der Waals surface area contributed by atoms with Crippen LogP contribution in [0.4, 0.5) is 0 Å². The molecule has 1 atom stereocenters. The molecular formula is C15H15ClO2. The molecule has 0 aliphatic carbocycles. The Morgan fingerprint density at radius 3 is 2.56 bits per heavy atom. The van der Waals surface area contributed by atoms with Gasteiger partial charge in [-0.15, -0.1) is 0 Å². The molecule has 1 N–H and O–H groups in total. The number of halogens is 1. The van der Waals surface area contributed by atoms with Gasteiger partial charge in [-0.3, -0.25) is 0 Å². The van der Waals surface area contributed by atoms with Crippen molar-refractivity contribution < 1.29 is 9.84 Å². The van der Waals surface area contributed by atoms with Crippen molar-refractivity contribution in [2.45, 2.75) is 12.5 Å². The summed E-state index contributed by atoms with van der Waals surface area (Å²) in [6.45, 7) is 0. The Balaban J connectivity index is 2.21. The van der Waals surface area contributed by atoms with E-state index in [0.717, 1.165) is 16.9 Å². The van der Waals surface area contributed by atoms with Crippen molar-refractivity contribution >= 4 is 11.6 Å². The van der Waals surface area contributed by atoms with Gasteiger partial charge >= 0.3 is 0 Å². The molecule has 2 rings (SSSR count). The molecule has 0 aromatic heterocycles. The molecule has 1 unspecified atom stereocenters. The molecule has 0 saturated carbocycles. The molecule has 0 spiro atoms. The molecule has 94 valence electrons. The van der Waals surface area contributed by atoms with Gasteiger partial charge in [-0.2, -0.15) is 0 Å². The Kier molecular flexibility index (Phi) is 4.24. The number of aliphatic hydroxyl groups excluding tert-OH is 1. The molecular weight excluding hydrogens is 248 g/mol. The minimum absolute atomic E-state index is 0.480. The van der Waals surface area contributed by atoms with Crippen LogP contribution in [-0.2, 0) is 6.42 Å². The number of hydrogen-bond acceptors (Lipinski definition) is 2. The minimum atomic E-state index is -0.557. The lowest BCUT2D eigenvalue weighted by atomic mass is 10.0. The second-order valence-electron chi connectivity index (χ2n) is 4.09. The molecule has 2 aromatic rings. The molecule has 0 fully saturated rings. The van der Waals surface area contributed by atoms with Crippen molar-refractivity contribution in [2.24, 2.45) is 0 Å². The first-order valence-corrected chi connectivity index (χ1v) is 6.14. The smallest absolute Gasteiger partial charge is 0.122 e. The number of hydrogen-bond donors (Lipinski definition) is 1. The lowest BCUT2D eigenvalue weighted by molar-refractivity contribution is 0.177. The van der Waals surface area contributed by atoms with Crippen molar-refractivity contribution in [3.63, 3.8) is 0 Å². The lowest BCUT2D eigenvalue weighted by Crippen LogP contribution is -2.03. The van der Waals surface area contributed by atoms with E-state index in [0.29, 0.717) is 11.4 Å². The molecule has 3 heteroatoms. The summed E-state index contributed by atoms with van der Waals surface area (Å²) in [4.78, 5) is 0. The van der Waals surface area contributed by atoms with E-state index in [4.69, 9.17) is 16.3 Å². The third-order valence-corrected chi connectivity index (χ3v) is 3.08. The Morgan fingerprint density at radius 2 is 1.89 bits per heavy atom. The summed E-state index contributed by atoms with van der Waals surface area (Å²) in [7, 11) is 1.61. The molecule has 0 heterocycles. The predicted molar refractivity (Wildman–Crippen MR) is 73.1 cm³/mol. The molecule has 0 aliphatic rings. The quantitative estimate of drug-likeness (QED) is 0.912. The molecule has 0 saturated heterocycles. The number of aliphatic hydroxyl groups is 1.